The maximum absolute atomic E-state index is 11.9. The highest BCUT2D eigenvalue weighted by atomic mass is 16.8. The highest BCUT2D eigenvalue weighted by molar-refractivity contribution is 5.90. The molecule has 156 valence electrons. The van der Waals surface area contributed by atoms with Crippen LogP contribution >= 0.6 is 0 Å². The Hall–Kier alpha value is -3.16. The Morgan fingerprint density at radius 2 is 2.13 bits per heavy atom. The quantitative estimate of drug-likeness (QED) is 0.460. The van der Waals surface area contributed by atoms with Gasteiger partial charge in [-0.05, 0) is 42.2 Å². The molecule has 7 nitrogen and oxygen atoms in total. The standard InChI is InChI=1S/C23H25N3O4/c1-28-18-10-11-19-20(15-18)25-21(24-19)14-17-7-5-16(6-8-17)9-12-22(27)26-30-23-4-2-3-13-29-23/h5-12,15,23H,2-4,13-14H2,1H3,(H,24,25)(H,26,27). The largest absolute Gasteiger partial charge is 0.497 e. The maximum Gasteiger partial charge on any atom is 0.267 e. The van der Waals surface area contributed by atoms with E-state index < -0.39 is 0 Å². The summed E-state index contributed by atoms with van der Waals surface area (Å²) >= 11 is 0. The van der Waals surface area contributed by atoms with Gasteiger partial charge < -0.3 is 14.5 Å². The molecule has 1 aromatic heterocycles. The fraction of sp³-hybridized carbons (Fsp3) is 0.304. The number of imidazole rings is 1. The molecule has 1 aliphatic rings. The molecule has 0 aliphatic carbocycles. The molecule has 1 atom stereocenters. The van der Waals surface area contributed by atoms with Gasteiger partial charge >= 0.3 is 0 Å². The fourth-order valence-electron chi connectivity index (χ4n) is 3.33. The summed E-state index contributed by atoms with van der Waals surface area (Å²) in [6, 6.07) is 13.8. The summed E-state index contributed by atoms with van der Waals surface area (Å²) in [5, 5.41) is 0. The molecule has 0 saturated carbocycles. The molecule has 1 fully saturated rings. The van der Waals surface area contributed by atoms with Gasteiger partial charge in [-0.15, -0.1) is 0 Å². The number of aromatic amines is 1. The fourth-order valence-corrected chi connectivity index (χ4v) is 3.33. The van der Waals surface area contributed by atoms with Crippen molar-refractivity contribution in [2.24, 2.45) is 0 Å². The summed E-state index contributed by atoms with van der Waals surface area (Å²) in [6.45, 7) is 0.672. The molecule has 0 radical (unpaired) electrons. The minimum Gasteiger partial charge on any atom is -0.497 e. The number of hydroxylamine groups is 1. The second-order valence-electron chi connectivity index (χ2n) is 7.20. The molecule has 2 aromatic carbocycles. The van der Waals surface area contributed by atoms with E-state index in [0.29, 0.717) is 13.0 Å². The average Bonchev–Trinajstić information content (AvgIpc) is 3.19. The van der Waals surface area contributed by atoms with Crippen molar-refractivity contribution in [1.29, 1.82) is 0 Å². The van der Waals surface area contributed by atoms with Gasteiger partial charge in [-0.1, -0.05) is 24.3 Å². The van der Waals surface area contributed by atoms with E-state index in [0.717, 1.165) is 53.0 Å². The number of H-pyrrole nitrogens is 1. The van der Waals surface area contributed by atoms with Crippen LogP contribution in [0.3, 0.4) is 0 Å². The first-order valence-corrected chi connectivity index (χ1v) is 10.1. The maximum atomic E-state index is 11.9. The third kappa shape index (κ3) is 5.25. The van der Waals surface area contributed by atoms with Crippen LogP contribution in [0.1, 0.15) is 36.2 Å². The highest BCUT2D eigenvalue weighted by Gasteiger charge is 2.14. The van der Waals surface area contributed by atoms with E-state index in [2.05, 4.69) is 15.4 Å². The summed E-state index contributed by atoms with van der Waals surface area (Å²) in [4.78, 5) is 25.1. The van der Waals surface area contributed by atoms with E-state index in [1.807, 2.05) is 42.5 Å². The van der Waals surface area contributed by atoms with Crippen molar-refractivity contribution in [3.63, 3.8) is 0 Å². The lowest BCUT2D eigenvalue weighted by atomic mass is 10.1. The second kappa shape index (κ2) is 9.56. The number of fused-ring (bicyclic) bond motifs is 1. The average molecular weight is 407 g/mol. The lowest BCUT2D eigenvalue weighted by Gasteiger charge is -2.21. The van der Waals surface area contributed by atoms with Crippen LogP contribution in [0.25, 0.3) is 17.1 Å². The van der Waals surface area contributed by atoms with Gasteiger partial charge in [0.25, 0.3) is 5.91 Å². The van der Waals surface area contributed by atoms with Crippen molar-refractivity contribution < 1.29 is 19.1 Å². The number of ether oxygens (including phenoxy) is 2. The first-order valence-electron chi connectivity index (χ1n) is 10.1. The van der Waals surface area contributed by atoms with Crippen LogP contribution in [-0.2, 0) is 20.8 Å². The number of nitrogens with zero attached hydrogens (tertiary/aromatic N) is 1. The van der Waals surface area contributed by atoms with Gasteiger partial charge in [0, 0.05) is 31.6 Å². The molecule has 2 N–H and O–H groups in total. The Balaban J connectivity index is 1.31. The minimum absolute atomic E-state index is 0.314. The zero-order valence-electron chi connectivity index (χ0n) is 16.9. The van der Waals surface area contributed by atoms with E-state index in [-0.39, 0.29) is 12.2 Å². The Kier molecular flexibility index (Phi) is 6.41. The molecule has 4 rings (SSSR count). The Labute approximate surface area is 175 Å². The molecular formula is C23H25N3O4. The van der Waals surface area contributed by atoms with Crippen LogP contribution in [0.5, 0.6) is 5.75 Å². The van der Waals surface area contributed by atoms with Crippen LogP contribution in [0, 0.1) is 0 Å². The van der Waals surface area contributed by atoms with Crippen molar-refractivity contribution >= 4 is 23.0 Å². The topological polar surface area (TPSA) is 85.5 Å². The van der Waals surface area contributed by atoms with Crippen molar-refractivity contribution in [2.75, 3.05) is 13.7 Å². The number of benzene rings is 2. The van der Waals surface area contributed by atoms with E-state index >= 15 is 0 Å². The number of hydrogen-bond acceptors (Lipinski definition) is 5. The van der Waals surface area contributed by atoms with Crippen molar-refractivity contribution in [1.82, 2.24) is 15.4 Å². The summed E-state index contributed by atoms with van der Waals surface area (Å²) in [7, 11) is 1.65. The number of hydrogen-bond donors (Lipinski definition) is 2. The molecule has 30 heavy (non-hydrogen) atoms. The van der Waals surface area contributed by atoms with Gasteiger partial charge in [0.2, 0.25) is 0 Å². The summed E-state index contributed by atoms with van der Waals surface area (Å²) < 4.78 is 10.7. The smallest absolute Gasteiger partial charge is 0.267 e. The Morgan fingerprint density at radius 3 is 2.90 bits per heavy atom. The van der Waals surface area contributed by atoms with E-state index in [1.54, 1.807) is 13.2 Å². The predicted molar refractivity (Wildman–Crippen MR) is 114 cm³/mol. The molecule has 2 heterocycles. The van der Waals surface area contributed by atoms with Crippen LogP contribution in [0.15, 0.2) is 48.5 Å². The third-order valence-electron chi connectivity index (χ3n) is 4.95. The summed E-state index contributed by atoms with van der Waals surface area (Å²) in [6.07, 6.45) is 6.41. The molecule has 1 amide bonds. The number of aromatic nitrogens is 2. The third-order valence-corrected chi connectivity index (χ3v) is 4.95. The van der Waals surface area contributed by atoms with Gasteiger partial charge in [0.05, 0.1) is 18.1 Å². The number of carbonyl (C=O) groups excluding carboxylic acids is 1. The Morgan fingerprint density at radius 1 is 1.27 bits per heavy atom. The van der Waals surface area contributed by atoms with E-state index in [1.165, 1.54) is 6.08 Å². The molecule has 1 aliphatic heterocycles. The number of methoxy groups -OCH3 is 1. The number of carbonyl (C=O) groups is 1. The molecular weight excluding hydrogens is 382 g/mol. The highest BCUT2D eigenvalue weighted by Crippen LogP contribution is 2.20. The first kappa shape index (κ1) is 20.1. The monoisotopic (exact) mass is 407 g/mol. The van der Waals surface area contributed by atoms with Crippen LogP contribution < -0.4 is 10.2 Å². The zero-order chi connectivity index (χ0) is 20.8. The second-order valence-corrected chi connectivity index (χ2v) is 7.20. The summed E-state index contributed by atoms with van der Waals surface area (Å²) in [5.74, 6) is 1.38. The molecule has 3 aromatic rings. The summed E-state index contributed by atoms with van der Waals surface area (Å²) in [5.41, 5.74) is 6.34. The van der Waals surface area contributed by atoms with Gasteiger partial charge in [-0.2, -0.15) is 0 Å². The molecule has 1 saturated heterocycles. The van der Waals surface area contributed by atoms with Crippen LogP contribution in [-0.4, -0.2) is 35.9 Å². The number of nitrogens with one attached hydrogen (secondary N) is 2. The lowest BCUT2D eigenvalue weighted by molar-refractivity contribution is -0.198. The molecule has 0 spiro atoms. The zero-order valence-corrected chi connectivity index (χ0v) is 16.9. The SMILES string of the molecule is COc1ccc2nc(Cc3ccc(C=CC(=O)NOC4CCCCO4)cc3)[nH]c2c1. The van der Waals surface area contributed by atoms with Crippen LogP contribution in [0.4, 0.5) is 0 Å². The first-order chi connectivity index (χ1) is 14.7. The van der Waals surface area contributed by atoms with E-state index in [4.69, 9.17) is 14.3 Å². The van der Waals surface area contributed by atoms with Gasteiger partial charge in [0.15, 0.2) is 6.29 Å². The normalized spacial score (nSPS) is 16.8. The van der Waals surface area contributed by atoms with Crippen molar-refractivity contribution in [2.45, 2.75) is 32.0 Å². The Bertz CT molecular complexity index is 1020. The number of amides is 1. The van der Waals surface area contributed by atoms with Gasteiger partial charge in [0.1, 0.15) is 11.6 Å². The predicted octanol–water partition coefficient (Wildman–Crippen LogP) is 3.75. The van der Waals surface area contributed by atoms with Crippen molar-refractivity contribution in [3.8, 4) is 5.75 Å². The number of rotatable bonds is 7. The molecule has 1 unspecified atom stereocenters. The lowest BCUT2D eigenvalue weighted by Crippen LogP contribution is -2.32. The minimum atomic E-state index is -0.352. The van der Waals surface area contributed by atoms with Gasteiger partial charge in [-0.3, -0.25) is 4.79 Å². The van der Waals surface area contributed by atoms with E-state index in [9.17, 15) is 4.79 Å². The molecule has 0 bridgehead atoms. The van der Waals surface area contributed by atoms with Crippen molar-refractivity contribution in [3.05, 3.63) is 65.5 Å². The van der Waals surface area contributed by atoms with Gasteiger partial charge in [-0.25, -0.2) is 15.3 Å². The molecule has 7 heteroatoms. The van der Waals surface area contributed by atoms with Crippen LogP contribution in [0.2, 0.25) is 0 Å².